The fraction of sp³-hybridized carbons (Fsp3) is 0.167. The normalized spacial score (nSPS) is 11.5. The molecule has 0 aliphatic heterocycles. The van der Waals surface area contributed by atoms with Crippen molar-refractivity contribution in [3.05, 3.63) is 96.1 Å². The average molecular weight is 406 g/mol. The van der Waals surface area contributed by atoms with Gasteiger partial charge < -0.3 is 10.1 Å². The molecule has 0 saturated carbocycles. The van der Waals surface area contributed by atoms with Gasteiger partial charge in [0.1, 0.15) is 5.25 Å². The molecule has 3 rings (SSSR count). The van der Waals surface area contributed by atoms with Crippen LogP contribution in [-0.4, -0.2) is 18.5 Å². The van der Waals surface area contributed by atoms with Gasteiger partial charge in [0, 0.05) is 10.6 Å². The monoisotopic (exact) mass is 405 g/mol. The second-order valence-electron chi connectivity index (χ2n) is 6.42. The van der Waals surface area contributed by atoms with Crippen LogP contribution in [0, 0.1) is 0 Å². The van der Waals surface area contributed by atoms with E-state index in [0.29, 0.717) is 17.9 Å². The van der Waals surface area contributed by atoms with Gasteiger partial charge in [-0.1, -0.05) is 55.5 Å². The van der Waals surface area contributed by atoms with Crippen molar-refractivity contribution in [2.24, 2.45) is 0 Å². The van der Waals surface area contributed by atoms with E-state index in [9.17, 15) is 9.59 Å². The molecule has 3 aromatic carbocycles. The molecule has 0 saturated heterocycles. The number of hydrogen-bond donors (Lipinski definition) is 1. The molecule has 3 aromatic rings. The van der Waals surface area contributed by atoms with Crippen LogP contribution in [0.3, 0.4) is 0 Å². The van der Waals surface area contributed by atoms with Crippen LogP contribution in [0.25, 0.3) is 0 Å². The predicted molar refractivity (Wildman–Crippen MR) is 117 cm³/mol. The molecule has 148 valence electrons. The first-order chi connectivity index (χ1) is 14.2. The number of carbonyl (C=O) groups is 2. The lowest BCUT2D eigenvalue weighted by atomic mass is 10.1. The Morgan fingerprint density at radius 1 is 0.897 bits per heavy atom. The molecule has 0 aromatic heterocycles. The number of esters is 1. The highest BCUT2D eigenvalue weighted by Crippen LogP contribution is 2.36. The van der Waals surface area contributed by atoms with Crippen molar-refractivity contribution < 1.29 is 14.3 Å². The van der Waals surface area contributed by atoms with Crippen molar-refractivity contribution in [3.8, 4) is 0 Å². The highest BCUT2D eigenvalue weighted by Gasteiger charge is 2.22. The first-order valence-electron chi connectivity index (χ1n) is 9.52. The Bertz CT molecular complexity index is 927. The summed E-state index contributed by atoms with van der Waals surface area (Å²) in [4.78, 5) is 26.0. The van der Waals surface area contributed by atoms with Gasteiger partial charge in [-0.25, -0.2) is 4.79 Å². The fourth-order valence-corrected chi connectivity index (χ4v) is 3.76. The van der Waals surface area contributed by atoms with Crippen molar-refractivity contribution in [1.82, 2.24) is 0 Å². The molecule has 0 aliphatic carbocycles. The molecule has 4 nitrogen and oxygen atoms in total. The summed E-state index contributed by atoms with van der Waals surface area (Å²) < 4.78 is 5.13. The second-order valence-corrected chi connectivity index (χ2v) is 7.60. The lowest BCUT2D eigenvalue weighted by molar-refractivity contribution is -0.115. The lowest BCUT2D eigenvalue weighted by Gasteiger charge is -2.17. The van der Waals surface area contributed by atoms with Crippen LogP contribution < -0.4 is 5.32 Å². The average Bonchev–Trinajstić information content (AvgIpc) is 2.77. The summed E-state index contributed by atoms with van der Waals surface area (Å²) in [5, 5.41) is 2.56. The van der Waals surface area contributed by atoms with E-state index < -0.39 is 5.25 Å². The number of amides is 1. The van der Waals surface area contributed by atoms with Crippen LogP contribution >= 0.6 is 11.8 Å². The van der Waals surface area contributed by atoms with Gasteiger partial charge in [0.05, 0.1) is 12.2 Å². The molecule has 0 aliphatic rings. The molecule has 1 N–H and O–H groups in total. The van der Waals surface area contributed by atoms with Crippen LogP contribution in [0.5, 0.6) is 0 Å². The Hall–Kier alpha value is -3.05. The minimum atomic E-state index is -0.396. The molecule has 0 heterocycles. The van der Waals surface area contributed by atoms with Crippen LogP contribution in [0.2, 0.25) is 0 Å². The molecule has 0 radical (unpaired) electrons. The Morgan fingerprint density at radius 3 is 2.14 bits per heavy atom. The fourth-order valence-electron chi connectivity index (χ4n) is 2.71. The lowest BCUT2D eigenvalue weighted by Crippen LogP contribution is -2.19. The molecular formula is C24H23NO3S. The first-order valence-corrected chi connectivity index (χ1v) is 10.4. The van der Waals surface area contributed by atoms with E-state index in [1.807, 2.05) is 67.6 Å². The third-order valence-electron chi connectivity index (χ3n) is 4.16. The zero-order valence-corrected chi connectivity index (χ0v) is 17.0. The Balaban J connectivity index is 1.73. The van der Waals surface area contributed by atoms with E-state index in [2.05, 4.69) is 5.32 Å². The van der Waals surface area contributed by atoms with Gasteiger partial charge in [-0.15, -0.1) is 11.8 Å². The number of hydrogen-bond acceptors (Lipinski definition) is 4. The van der Waals surface area contributed by atoms with Crippen molar-refractivity contribution in [2.75, 3.05) is 11.9 Å². The van der Waals surface area contributed by atoms with Gasteiger partial charge in [-0.3, -0.25) is 4.79 Å². The van der Waals surface area contributed by atoms with E-state index in [1.54, 1.807) is 24.3 Å². The molecule has 0 spiro atoms. The standard InChI is InChI=1S/C24H23NO3S/c1-2-17-28-24(27)19-13-15-20(16-14-19)25-23(26)22(18-9-5-3-6-10-18)29-21-11-7-4-8-12-21/h3-16,22H,2,17H2,1H3,(H,25,26). The van der Waals surface area contributed by atoms with Crippen molar-refractivity contribution in [1.29, 1.82) is 0 Å². The summed E-state index contributed by atoms with van der Waals surface area (Å²) in [5.74, 6) is -0.474. The molecule has 5 heteroatoms. The molecule has 1 unspecified atom stereocenters. The van der Waals surface area contributed by atoms with Gasteiger partial charge in [-0.05, 0) is 48.4 Å². The number of carbonyl (C=O) groups excluding carboxylic acids is 2. The smallest absolute Gasteiger partial charge is 0.338 e. The minimum absolute atomic E-state index is 0.119. The maximum atomic E-state index is 13.1. The van der Waals surface area contributed by atoms with Gasteiger partial charge in [0.25, 0.3) is 0 Å². The molecule has 0 fully saturated rings. The van der Waals surface area contributed by atoms with Crippen molar-refractivity contribution in [3.63, 3.8) is 0 Å². The van der Waals surface area contributed by atoms with E-state index in [-0.39, 0.29) is 11.9 Å². The summed E-state index contributed by atoms with van der Waals surface area (Å²) in [6.07, 6.45) is 0.778. The van der Waals surface area contributed by atoms with E-state index in [4.69, 9.17) is 4.74 Å². The number of benzene rings is 3. The summed E-state index contributed by atoms with van der Waals surface area (Å²) in [6, 6.07) is 26.3. The van der Waals surface area contributed by atoms with E-state index >= 15 is 0 Å². The number of anilines is 1. The van der Waals surface area contributed by atoms with Crippen LogP contribution in [0.4, 0.5) is 5.69 Å². The van der Waals surface area contributed by atoms with E-state index in [1.165, 1.54) is 11.8 Å². The maximum absolute atomic E-state index is 13.1. The SMILES string of the molecule is CCCOC(=O)c1ccc(NC(=O)C(Sc2ccccc2)c2ccccc2)cc1. The van der Waals surface area contributed by atoms with Gasteiger partial charge in [0.2, 0.25) is 5.91 Å². The first kappa shape index (κ1) is 20.7. The zero-order valence-electron chi connectivity index (χ0n) is 16.2. The Morgan fingerprint density at radius 2 is 1.52 bits per heavy atom. The number of thioether (sulfide) groups is 1. The quantitative estimate of drug-likeness (QED) is 0.384. The van der Waals surface area contributed by atoms with Crippen molar-refractivity contribution in [2.45, 2.75) is 23.5 Å². The summed E-state index contributed by atoms with van der Waals surface area (Å²) in [5.41, 5.74) is 2.03. The molecule has 0 bridgehead atoms. The third-order valence-corrected chi connectivity index (χ3v) is 5.43. The summed E-state index contributed by atoms with van der Waals surface area (Å²) in [6.45, 7) is 2.34. The number of nitrogens with one attached hydrogen (secondary N) is 1. The van der Waals surface area contributed by atoms with Crippen LogP contribution in [0.1, 0.15) is 34.5 Å². The van der Waals surface area contributed by atoms with Gasteiger partial charge in [0.15, 0.2) is 0 Å². The maximum Gasteiger partial charge on any atom is 0.338 e. The highest BCUT2D eigenvalue weighted by molar-refractivity contribution is 8.00. The second kappa shape index (κ2) is 10.5. The highest BCUT2D eigenvalue weighted by atomic mass is 32.2. The predicted octanol–water partition coefficient (Wildman–Crippen LogP) is 5.73. The van der Waals surface area contributed by atoms with Gasteiger partial charge in [-0.2, -0.15) is 0 Å². The number of rotatable bonds is 8. The topological polar surface area (TPSA) is 55.4 Å². The zero-order chi connectivity index (χ0) is 20.5. The van der Waals surface area contributed by atoms with Crippen molar-refractivity contribution >= 4 is 29.3 Å². The Kier molecular flexibility index (Phi) is 7.47. The molecule has 1 amide bonds. The third kappa shape index (κ3) is 5.96. The summed E-state index contributed by atoms with van der Waals surface area (Å²) in [7, 11) is 0. The number of ether oxygens (including phenoxy) is 1. The summed E-state index contributed by atoms with van der Waals surface area (Å²) >= 11 is 1.50. The van der Waals surface area contributed by atoms with Crippen LogP contribution in [-0.2, 0) is 9.53 Å². The van der Waals surface area contributed by atoms with Gasteiger partial charge >= 0.3 is 5.97 Å². The largest absolute Gasteiger partial charge is 0.462 e. The Labute approximate surface area is 175 Å². The molecule has 1 atom stereocenters. The van der Waals surface area contributed by atoms with Crippen LogP contribution in [0.15, 0.2) is 89.8 Å². The molecular weight excluding hydrogens is 382 g/mol. The molecule has 29 heavy (non-hydrogen) atoms. The minimum Gasteiger partial charge on any atom is -0.462 e. The van der Waals surface area contributed by atoms with E-state index in [0.717, 1.165) is 16.9 Å².